The standard InChI is InChI=1S/C16H29NO/c17-13-16(11-7-2-1-3-8-12-16)15(18)14-9-5-4-6-10-14/h4-5,14-15,18H,1-3,6-13,17H2. The summed E-state index contributed by atoms with van der Waals surface area (Å²) in [6, 6.07) is 0. The number of aliphatic hydroxyl groups is 1. The highest BCUT2D eigenvalue weighted by Crippen LogP contribution is 2.41. The van der Waals surface area contributed by atoms with E-state index in [0.717, 1.165) is 32.1 Å². The minimum Gasteiger partial charge on any atom is -0.392 e. The molecule has 0 bridgehead atoms. The molecule has 2 rings (SSSR count). The Balaban J connectivity index is 2.05. The van der Waals surface area contributed by atoms with Crippen LogP contribution in [0.1, 0.15) is 64.2 Å². The zero-order valence-corrected chi connectivity index (χ0v) is 11.6. The molecule has 0 saturated heterocycles. The van der Waals surface area contributed by atoms with Gasteiger partial charge >= 0.3 is 0 Å². The highest BCUT2D eigenvalue weighted by atomic mass is 16.3. The number of allylic oxidation sites excluding steroid dienone is 2. The van der Waals surface area contributed by atoms with Gasteiger partial charge in [0.25, 0.3) is 0 Å². The third-order valence-electron chi connectivity index (χ3n) is 5.14. The van der Waals surface area contributed by atoms with E-state index in [1.807, 2.05) is 0 Å². The van der Waals surface area contributed by atoms with Gasteiger partial charge in [-0.25, -0.2) is 0 Å². The van der Waals surface area contributed by atoms with Gasteiger partial charge in [0.15, 0.2) is 0 Å². The Morgan fingerprint density at radius 2 is 1.78 bits per heavy atom. The molecule has 0 aromatic carbocycles. The molecule has 2 heteroatoms. The van der Waals surface area contributed by atoms with E-state index in [1.165, 1.54) is 32.1 Å². The Labute approximate surface area is 112 Å². The Morgan fingerprint density at radius 3 is 2.33 bits per heavy atom. The summed E-state index contributed by atoms with van der Waals surface area (Å²) < 4.78 is 0. The first-order valence-electron chi connectivity index (χ1n) is 7.82. The second-order valence-electron chi connectivity index (χ2n) is 6.32. The van der Waals surface area contributed by atoms with Crippen molar-refractivity contribution >= 4 is 0 Å². The zero-order valence-electron chi connectivity index (χ0n) is 11.6. The molecule has 0 heterocycles. The molecule has 104 valence electrons. The summed E-state index contributed by atoms with van der Waals surface area (Å²) in [7, 11) is 0. The van der Waals surface area contributed by atoms with Gasteiger partial charge in [-0.1, -0.05) is 44.3 Å². The van der Waals surface area contributed by atoms with Gasteiger partial charge in [0.05, 0.1) is 6.10 Å². The van der Waals surface area contributed by atoms with Crippen LogP contribution in [0.3, 0.4) is 0 Å². The molecule has 0 spiro atoms. The first-order chi connectivity index (χ1) is 8.78. The molecule has 0 radical (unpaired) electrons. The highest BCUT2D eigenvalue weighted by Gasteiger charge is 2.40. The van der Waals surface area contributed by atoms with Crippen molar-refractivity contribution in [2.75, 3.05) is 6.54 Å². The Kier molecular flexibility index (Phi) is 5.25. The SMILES string of the molecule is NCC1(C(O)C2CC=CCC2)CCCCCCC1. The Hall–Kier alpha value is -0.340. The van der Waals surface area contributed by atoms with E-state index >= 15 is 0 Å². The molecular weight excluding hydrogens is 222 g/mol. The van der Waals surface area contributed by atoms with Crippen molar-refractivity contribution in [3.63, 3.8) is 0 Å². The lowest BCUT2D eigenvalue weighted by Gasteiger charge is -2.42. The van der Waals surface area contributed by atoms with Crippen molar-refractivity contribution in [1.82, 2.24) is 0 Å². The molecule has 0 aromatic rings. The van der Waals surface area contributed by atoms with Crippen molar-refractivity contribution in [3.05, 3.63) is 12.2 Å². The number of hydrogen-bond donors (Lipinski definition) is 2. The van der Waals surface area contributed by atoms with Gasteiger partial charge in [0.1, 0.15) is 0 Å². The van der Waals surface area contributed by atoms with Crippen LogP contribution in [0, 0.1) is 11.3 Å². The summed E-state index contributed by atoms with van der Waals surface area (Å²) in [5.41, 5.74) is 6.10. The van der Waals surface area contributed by atoms with E-state index < -0.39 is 0 Å². The first-order valence-corrected chi connectivity index (χ1v) is 7.82. The molecule has 2 aliphatic rings. The summed E-state index contributed by atoms with van der Waals surface area (Å²) >= 11 is 0. The maximum Gasteiger partial charge on any atom is 0.0639 e. The maximum atomic E-state index is 10.9. The van der Waals surface area contributed by atoms with E-state index in [4.69, 9.17) is 5.73 Å². The zero-order chi connectivity index (χ0) is 12.8. The van der Waals surface area contributed by atoms with Crippen LogP contribution in [0.5, 0.6) is 0 Å². The van der Waals surface area contributed by atoms with Crippen LogP contribution in [-0.2, 0) is 0 Å². The predicted molar refractivity (Wildman–Crippen MR) is 76.3 cm³/mol. The van der Waals surface area contributed by atoms with Crippen molar-refractivity contribution in [2.45, 2.75) is 70.3 Å². The molecule has 18 heavy (non-hydrogen) atoms. The summed E-state index contributed by atoms with van der Waals surface area (Å²) in [5.74, 6) is 0.443. The molecule has 2 unspecified atom stereocenters. The lowest BCUT2D eigenvalue weighted by Crippen LogP contribution is -2.46. The predicted octanol–water partition coefficient (Wildman–Crippen LogP) is 3.39. The van der Waals surface area contributed by atoms with Gasteiger partial charge in [-0.3, -0.25) is 0 Å². The fourth-order valence-corrected chi connectivity index (χ4v) is 3.83. The topological polar surface area (TPSA) is 46.2 Å². The molecule has 2 nitrogen and oxygen atoms in total. The third-order valence-corrected chi connectivity index (χ3v) is 5.14. The second-order valence-corrected chi connectivity index (χ2v) is 6.32. The highest BCUT2D eigenvalue weighted by molar-refractivity contribution is 4.98. The third kappa shape index (κ3) is 3.16. The van der Waals surface area contributed by atoms with E-state index in [0.29, 0.717) is 12.5 Å². The van der Waals surface area contributed by atoms with Crippen LogP contribution in [0.2, 0.25) is 0 Å². The van der Waals surface area contributed by atoms with Crippen molar-refractivity contribution < 1.29 is 5.11 Å². The lowest BCUT2D eigenvalue weighted by molar-refractivity contribution is -0.0331. The van der Waals surface area contributed by atoms with Gasteiger partial charge < -0.3 is 10.8 Å². The van der Waals surface area contributed by atoms with E-state index in [2.05, 4.69) is 12.2 Å². The molecule has 1 fully saturated rings. The van der Waals surface area contributed by atoms with Gasteiger partial charge in [-0.2, -0.15) is 0 Å². The summed E-state index contributed by atoms with van der Waals surface area (Å²) in [4.78, 5) is 0. The van der Waals surface area contributed by atoms with Crippen LogP contribution in [0.25, 0.3) is 0 Å². The quantitative estimate of drug-likeness (QED) is 0.755. The minimum absolute atomic E-state index is 0.0102. The minimum atomic E-state index is -0.189. The number of nitrogens with two attached hydrogens (primary N) is 1. The smallest absolute Gasteiger partial charge is 0.0639 e. The van der Waals surface area contributed by atoms with Gasteiger partial charge in [0.2, 0.25) is 0 Å². The lowest BCUT2D eigenvalue weighted by atomic mass is 9.67. The molecule has 3 N–H and O–H groups in total. The number of rotatable bonds is 3. The average molecular weight is 251 g/mol. The van der Waals surface area contributed by atoms with E-state index in [-0.39, 0.29) is 11.5 Å². The molecule has 0 aliphatic heterocycles. The van der Waals surface area contributed by atoms with Crippen molar-refractivity contribution in [1.29, 1.82) is 0 Å². The maximum absolute atomic E-state index is 10.9. The first kappa shape index (κ1) is 14.1. The van der Waals surface area contributed by atoms with Gasteiger partial charge in [-0.05, 0) is 38.0 Å². The molecular formula is C16H29NO. The monoisotopic (exact) mass is 251 g/mol. The molecule has 0 aromatic heterocycles. The number of hydrogen-bond acceptors (Lipinski definition) is 2. The van der Waals surface area contributed by atoms with Crippen LogP contribution in [-0.4, -0.2) is 17.8 Å². The van der Waals surface area contributed by atoms with Crippen molar-refractivity contribution in [3.8, 4) is 0 Å². The molecule has 2 aliphatic carbocycles. The molecule has 2 atom stereocenters. The van der Waals surface area contributed by atoms with Crippen LogP contribution < -0.4 is 5.73 Å². The summed E-state index contributed by atoms with van der Waals surface area (Å²) in [6.07, 6.45) is 16.4. The average Bonchev–Trinajstić information content (AvgIpc) is 2.40. The Morgan fingerprint density at radius 1 is 1.11 bits per heavy atom. The van der Waals surface area contributed by atoms with Crippen LogP contribution in [0.15, 0.2) is 12.2 Å². The summed E-state index contributed by atoms with van der Waals surface area (Å²) in [6.45, 7) is 0.661. The largest absolute Gasteiger partial charge is 0.392 e. The molecule has 1 saturated carbocycles. The van der Waals surface area contributed by atoms with E-state index in [9.17, 15) is 5.11 Å². The summed E-state index contributed by atoms with van der Waals surface area (Å²) in [5, 5.41) is 10.9. The van der Waals surface area contributed by atoms with E-state index in [1.54, 1.807) is 0 Å². The van der Waals surface area contributed by atoms with Crippen LogP contribution in [0.4, 0.5) is 0 Å². The van der Waals surface area contributed by atoms with Crippen molar-refractivity contribution in [2.24, 2.45) is 17.1 Å². The second kappa shape index (κ2) is 6.72. The normalized spacial score (nSPS) is 30.4. The Bertz CT molecular complexity index is 266. The fraction of sp³-hybridized carbons (Fsp3) is 0.875. The van der Waals surface area contributed by atoms with Crippen LogP contribution >= 0.6 is 0 Å². The van der Waals surface area contributed by atoms with Gasteiger partial charge in [0, 0.05) is 12.0 Å². The number of aliphatic hydroxyl groups excluding tert-OH is 1. The van der Waals surface area contributed by atoms with Gasteiger partial charge in [-0.15, -0.1) is 0 Å². The molecule has 0 amide bonds. The fourth-order valence-electron chi connectivity index (χ4n) is 3.83.